The Morgan fingerprint density at radius 3 is 2.68 bits per heavy atom. The summed E-state index contributed by atoms with van der Waals surface area (Å²) >= 11 is 0. The molecule has 1 atom stereocenters. The number of nitrogens with zero attached hydrogens (tertiary/aromatic N) is 3. The molecular weight excluding hydrogens is 380 g/mol. The molecule has 8 nitrogen and oxygen atoms in total. The van der Waals surface area contributed by atoms with Crippen LogP contribution >= 0.6 is 0 Å². The van der Waals surface area contributed by atoms with E-state index < -0.39 is 16.1 Å². The molecule has 0 fully saturated rings. The van der Waals surface area contributed by atoms with E-state index >= 15 is 0 Å². The van der Waals surface area contributed by atoms with Crippen molar-refractivity contribution in [2.75, 3.05) is 25.1 Å². The van der Waals surface area contributed by atoms with Gasteiger partial charge in [0.2, 0.25) is 5.96 Å². The Bertz CT molecular complexity index is 1050. The smallest absolute Gasteiger partial charge is 0.414 e. The Hall–Kier alpha value is -3.07. The van der Waals surface area contributed by atoms with Crippen molar-refractivity contribution in [3.63, 3.8) is 0 Å². The summed E-state index contributed by atoms with van der Waals surface area (Å²) in [6.07, 6.45) is 0.0975. The van der Waals surface area contributed by atoms with Gasteiger partial charge in [0.25, 0.3) is 10.0 Å². The highest BCUT2D eigenvalue weighted by atomic mass is 32.2. The van der Waals surface area contributed by atoms with Gasteiger partial charge in [0.05, 0.1) is 30.3 Å². The maximum Gasteiger partial charge on any atom is 0.414 e. The van der Waals surface area contributed by atoms with Crippen molar-refractivity contribution >= 4 is 27.8 Å². The summed E-state index contributed by atoms with van der Waals surface area (Å²) in [5.74, 6) is -0.0226. The predicted octanol–water partition coefficient (Wildman–Crippen LogP) is 1.88. The number of hydrogen-bond donors (Lipinski definition) is 1. The lowest BCUT2D eigenvalue weighted by molar-refractivity contribution is 0.179. The van der Waals surface area contributed by atoms with Gasteiger partial charge >= 0.3 is 6.09 Å². The van der Waals surface area contributed by atoms with Crippen LogP contribution in [0.3, 0.4) is 0 Å². The molecule has 2 aliphatic heterocycles. The van der Waals surface area contributed by atoms with Crippen LogP contribution in [0, 0.1) is 0 Å². The Morgan fingerprint density at radius 2 is 1.96 bits per heavy atom. The molecule has 0 saturated carbocycles. The number of rotatable bonds is 3. The first-order valence-corrected chi connectivity index (χ1v) is 10.2. The number of nitrogens with two attached hydrogens (primary N) is 1. The van der Waals surface area contributed by atoms with Gasteiger partial charge in [0.1, 0.15) is 0 Å². The van der Waals surface area contributed by atoms with Crippen LogP contribution in [0.25, 0.3) is 0 Å². The van der Waals surface area contributed by atoms with Crippen LogP contribution in [-0.2, 0) is 21.2 Å². The number of aliphatic imine (C=N–C) groups is 1. The summed E-state index contributed by atoms with van der Waals surface area (Å²) in [6.45, 7) is 0.610. The van der Waals surface area contributed by atoms with E-state index in [9.17, 15) is 13.2 Å². The minimum Gasteiger partial charge on any atom is -0.452 e. The zero-order valence-corrected chi connectivity index (χ0v) is 16.1. The molecule has 2 aromatic carbocycles. The number of fused-ring (bicyclic) bond motifs is 1. The number of hydrogen-bond acceptors (Lipinski definition) is 6. The summed E-state index contributed by atoms with van der Waals surface area (Å²) in [5.41, 5.74) is 8.30. The lowest BCUT2D eigenvalue weighted by Crippen LogP contribution is -2.39. The molecule has 0 bridgehead atoms. The highest BCUT2D eigenvalue weighted by molar-refractivity contribution is 7.89. The van der Waals surface area contributed by atoms with Crippen LogP contribution in [0.4, 0.5) is 10.5 Å². The second-order valence-corrected chi connectivity index (χ2v) is 8.47. The standard InChI is InChI=1S/C19H20N4O4S/c1-27-19(24)22-10-9-14-11-15(7-8-17(14)22)28(25,26)23-12-16(21-18(23)20)13-5-3-2-4-6-13/h2-8,11,16H,9-10,12H2,1H3,(H2,20,21)/t16-/m1/s1. The fourth-order valence-corrected chi connectivity index (χ4v) is 4.97. The third-order valence-electron chi connectivity index (χ3n) is 5.00. The zero-order valence-electron chi connectivity index (χ0n) is 15.3. The van der Waals surface area contributed by atoms with Crippen molar-refractivity contribution in [3.05, 3.63) is 59.7 Å². The lowest BCUT2D eigenvalue weighted by Gasteiger charge is -2.20. The molecule has 0 aromatic heterocycles. The van der Waals surface area contributed by atoms with Gasteiger partial charge in [-0.1, -0.05) is 30.3 Å². The van der Waals surface area contributed by atoms with Crippen molar-refractivity contribution < 1.29 is 17.9 Å². The summed E-state index contributed by atoms with van der Waals surface area (Å²) in [5, 5.41) is 0. The maximum atomic E-state index is 13.2. The molecule has 0 aliphatic carbocycles. The number of benzene rings is 2. The molecule has 2 N–H and O–H groups in total. The number of carbonyl (C=O) groups excluding carboxylic acids is 1. The van der Waals surface area contributed by atoms with Crippen molar-refractivity contribution in [1.29, 1.82) is 0 Å². The van der Waals surface area contributed by atoms with Crippen LogP contribution in [0.5, 0.6) is 0 Å². The third-order valence-corrected chi connectivity index (χ3v) is 6.76. The molecule has 1 amide bonds. The van der Waals surface area contributed by atoms with E-state index in [1.165, 1.54) is 18.1 Å². The van der Waals surface area contributed by atoms with Crippen molar-refractivity contribution in [2.24, 2.45) is 10.7 Å². The van der Waals surface area contributed by atoms with E-state index in [1.54, 1.807) is 12.1 Å². The number of anilines is 1. The van der Waals surface area contributed by atoms with Crippen molar-refractivity contribution in [2.45, 2.75) is 17.4 Å². The van der Waals surface area contributed by atoms with Gasteiger partial charge in [0, 0.05) is 6.54 Å². The van der Waals surface area contributed by atoms with E-state index in [0.29, 0.717) is 18.7 Å². The number of ether oxygens (including phenoxy) is 1. The largest absolute Gasteiger partial charge is 0.452 e. The number of guanidine groups is 1. The van der Waals surface area contributed by atoms with Gasteiger partial charge in [-0.3, -0.25) is 4.90 Å². The molecule has 28 heavy (non-hydrogen) atoms. The van der Waals surface area contributed by atoms with Gasteiger partial charge in [-0.15, -0.1) is 0 Å². The molecule has 146 valence electrons. The van der Waals surface area contributed by atoms with E-state index in [2.05, 4.69) is 4.99 Å². The number of sulfonamides is 1. The summed E-state index contributed by atoms with van der Waals surface area (Å²) < 4.78 is 32.2. The Labute approximate surface area is 163 Å². The van der Waals surface area contributed by atoms with Crippen LogP contribution in [-0.4, -0.2) is 45.0 Å². The molecule has 0 saturated heterocycles. The molecule has 9 heteroatoms. The molecule has 0 spiro atoms. The molecule has 4 rings (SSSR count). The number of amides is 1. The first kappa shape index (κ1) is 18.3. The van der Waals surface area contributed by atoms with E-state index in [4.69, 9.17) is 10.5 Å². The topological polar surface area (TPSA) is 105 Å². The first-order valence-electron chi connectivity index (χ1n) is 8.81. The van der Waals surface area contributed by atoms with Gasteiger partial charge < -0.3 is 10.5 Å². The maximum absolute atomic E-state index is 13.2. The fraction of sp³-hybridized carbons (Fsp3) is 0.263. The van der Waals surface area contributed by atoms with E-state index in [1.807, 2.05) is 30.3 Å². The number of carbonyl (C=O) groups is 1. The highest BCUT2D eigenvalue weighted by Crippen LogP contribution is 2.33. The van der Waals surface area contributed by atoms with Crippen LogP contribution in [0.1, 0.15) is 17.2 Å². The molecule has 2 aromatic rings. The van der Waals surface area contributed by atoms with Gasteiger partial charge in [-0.2, -0.15) is 0 Å². The SMILES string of the molecule is COC(=O)N1CCc2cc(S(=O)(=O)N3C[C@H](c4ccccc4)N=C3N)ccc21. The van der Waals surface area contributed by atoms with Crippen LogP contribution < -0.4 is 10.6 Å². The van der Waals surface area contributed by atoms with Gasteiger partial charge in [0.15, 0.2) is 0 Å². The van der Waals surface area contributed by atoms with Gasteiger partial charge in [-0.05, 0) is 35.7 Å². The Kier molecular flexibility index (Phi) is 4.46. The second kappa shape index (κ2) is 6.83. The Balaban J connectivity index is 1.62. The van der Waals surface area contributed by atoms with E-state index in [0.717, 1.165) is 15.4 Å². The zero-order chi connectivity index (χ0) is 19.9. The molecule has 0 unspecified atom stereocenters. The van der Waals surface area contributed by atoms with Crippen molar-refractivity contribution in [3.8, 4) is 0 Å². The minimum absolute atomic E-state index is 0.0226. The molecular formula is C19H20N4O4S. The first-order chi connectivity index (χ1) is 13.4. The quantitative estimate of drug-likeness (QED) is 0.847. The number of methoxy groups -OCH3 is 1. The Morgan fingerprint density at radius 1 is 1.21 bits per heavy atom. The molecule has 2 heterocycles. The third kappa shape index (κ3) is 2.97. The van der Waals surface area contributed by atoms with Crippen LogP contribution in [0.15, 0.2) is 58.4 Å². The van der Waals surface area contributed by atoms with E-state index in [-0.39, 0.29) is 23.4 Å². The van der Waals surface area contributed by atoms with Gasteiger partial charge in [-0.25, -0.2) is 22.5 Å². The lowest BCUT2D eigenvalue weighted by atomic mass is 10.1. The fourth-order valence-electron chi connectivity index (χ4n) is 3.56. The average Bonchev–Trinajstić information content (AvgIpc) is 3.31. The van der Waals surface area contributed by atoms with Crippen molar-refractivity contribution in [1.82, 2.24) is 4.31 Å². The summed E-state index contributed by atoms with van der Waals surface area (Å²) in [4.78, 5) is 17.8. The summed E-state index contributed by atoms with van der Waals surface area (Å²) in [6, 6.07) is 13.8. The average molecular weight is 400 g/mol. The minimum atomic E-state index is -3.85. The monoisotopic (exact) mass is 400 g/mol. The molecule has 2 aliphatic rings. The second-order valence-electron chi connectivity index (χ2n) is 6.61. The highest BCUT2D eigenvalue weighted by Gasteiger charge is 2.35. The summed E-state index contributed by atoms with van der Waals surface area (Å²) in [7, 11) is -2.53. The molecule has 0 radical (unpaired) electrons. The predicted molar refractivity (Wildman–Crippen MR) is 105 cm³/mol. The van der Waals surface area contributed by atoms with Crippen LogP contribution in [0.2, 0.25) is 0 Å². The normalized spacial score (nSPS) is 18.8.